The van der Waals surface area contributed by atoms with Crippen LogP contribution < -0.4 is 0 Å². The summed E-state index contributed by atoms with van der Waals surface area (Å²) in [5.74, 6) is 0. The Morgan fingerprint density at radius 3 is 2.45 bits per heavy atom. The molecule has 0 amide bonds. The zero-order chi connectivity index (χ0) is 15.7. The molecule has 1 N–H and O–H groups in total. The van der Waals surface area contributed by atoms with E-state index < -0.39 is 5.66 Å². The molecule has 0 aliphatic heterocycles. The van der Waals surface area contributed by atoms with Crippen LogP contribution in [-0.4, -0.2) is 10.8 Å². The van der Waals surface area contributed by atoms with Gasteiger partial charge in [-0.2, -0.15) is 8.78 Å². The number of hydrogen-bond acceptors (Lipinski definition) is 1. The van der Waals surface area contributed by atoms with Gasteiger partial charge in [0, 0.05) is 41.0 Å². The van der Waals surface area contributed by atoms with Crippen LogP contribution in [0.4, 0.5) is 8.78 Å². The zero-order valence-corrected chi connectivity index (χ0v) is 12.9. The van der Waals surface area contributed by atoms with Gasteiger partial charge < -0.3 is 9.98 Å². The predicted octanol–water partition coefficient (Wildman–Crippen LogP) is 4.61. The molecule has 5 heteroatoms. The number of rotatable bonds is 4. The summed E-state index contributed by atoms with van der Waals surface area (Å²) in [6, 6.07) is 14.1. The molecular formula is C17H15F2N2P. The van der Waals surface area contributed by atoms with E-state index in [2.05, 4.69) is 4.57 Å². The molecule has 0 spiro atoms. The summed E-state index contributed by atoms with van der Waals surface area (Å²) in [6.45, 7) is 0.605. The first-order chi connectivity index (χ1) is 10.5. The average molecular weight is 316 g/mol. The standard InChI is InChI=1S/C17H15F2N2P/c18-17(19,22)14-6-4-12(5-7-14)11-21-9-8-15-13(10-20)2-1-3-16(15)21/h1-10,20H,11,22H2. The van der Waals surface area contributed by atoms with Crippen LogP contribution in [0.5, 0.6) is 0 Å². The van der Waals surface area contributed by atoms with Crippen LogP contribution in [0.1, 0.15) is 16.7 Å². The summed E-state index contributed by atoms with van der Waals surface area (Å²) in [7, 11) is 1.55. The Morgan fingerprint density at radius 2 is 1.82 bits per heavy atom. The molecule has 1 aromatic heterocycles. The maximum absolute atomic E-state index is 13.2. The van der Waals surface area contributed by atoms with E-state index in [0.717, 1.165) is 22.0 Å². The largest absolute Gasteiger partial charge is 0.343 e. The molecule has 0 fully saturated rings. The number of benzene rings is 2. The third-order valence-corrected chi connectivity index (χ3v) is 4.03. The topological polar surface area (TPSA) is 28.8 Å². The molecule has 0 aliphatic carbocycles. The molecule has 0 aliphatic rings. The lowest BCUT2D eigenvalue weighted by Crippen LogP contribution is -2.03. The minimum absolute atomic E-state index is 0.00953. The SMILES string of the molecule is N=Cc1cccc2c1ccn2Cc1ccc(C(F)(F)P)cc1. The van der Waals surface area contributed by atoms with Crippen molar-refractivity contribution in [2.45, 2.75) is 12.2 Å². The number of hydrogen-bond donors (Lipinski definition) is 1. The van der Waals surface area contributed by atoms with Crippen LogP contribution in [0, 0.1) is 5.41 Å². The molecule has 2 nitrogen and oxygen atoms in total. The molecule has 2 aromatic carbocycles. The lowest BCUT2D eigenvalue weighted by atomic mass is 10.1. The van der Waals surface area contributed by atoms with Crippen LogP contribution in [0.25, 0.3) is 10.9 Å². The molecule has 1 atom stereocenters. The highest BCUT2D eigenvalue weighted by molar-refractivity contribution is 7.17. The second kappa shape index (κ2) is 5.62. The lowest BCUT2D eigenvalue weighted by molar-refractivity contribution is 0.104. The van der Waals surface area contributed by atoms with Gasteiger partial charge in [-0.3, -0.25) is 0 Å². The average Bonchev–Trinajstić information content (AvgIpc) is 2.90. The first-order valence-electron chi connectivity index (χ1n) is 6.83. The second-order valence-corrected chi connectivity index (χ2v) is 5.91. The van der Waals surface area contributed by atoms with Gasteiger partial charge in [-0.05, 0) is 17.7 Å². The van der Waals surface area contributed by atoms with Crippen LogP contribution >= 0.6 is 9.24 Å². The molecule has 112 valence electrons. The summed E-state index contributed by atoms with van der Waals surface area (Å²) in [6.07, 6.45) is 3.29. The number of fused-ring (bicyclic) bond motifs is 1. The van der Waals surface area contributed by atoms with Crippen molar-refractivity contribution < 1.29 is 8.78 Å². The van der Waals surface area contributed by atoms with E-state index in [0.29, 0.717) is 6.54 Å². The van der Waals surface area contributed by atoms with Crippen molar-refractivity contribution in [3.05, 3.63) is 71.4 Å². The van der Waals surface area contributed by atoms with Crippen molar-refractivity contribution in [2.75, 3.05) is 0 Å². The molecule has 1 heterocycles. The Hall–Kier alpha value is -2.06. The molecule has 0 saturated heterocycles. The second-order valence-electron chi connectivity index (χ2n) is 5.19. The Labute approximate surface area is 129 Å². The minimum Gasteiger partial charge on any atom is -0.343 e. The summed E-state index contributed by atoms with van der Waals surface area (Å²) < 4.78 is 28.4. The van der Waals surface area contributed by atoms with E-state index in [1.54, 1.807) is 21.4 Å². The van der Waals surface area contributed by atoms with E-state index in [4.69, 9.17) is 5.41 Å². The Kier molecular flexibility index (Phi) is 3.79. The van der Waals surface area contributed by atoms with E-state index in [1.165, 1.54) is 18.3 Å². The molecule has 22 heavy (non-hydrogen) atoms. The molecule has 0 radical (unpaired) electrons. The first-order valence-corrected chi connectivity index (χ1v) is 7.41. The highest BCUT2D eigenvalue weighted by Gasteiger charge is 2.23. The van der Waals surface area contributed by atoms with Crippen LogP contribution in [0.3, 0.4) is 0 Å². The fourth-order valence-electron chi connectivity index (χ4n) is 2.54. The molecule has 3 rings (SSSR count). The van der Waals surface area contributed by atoms with Gasteiger partial charge in [0.2, 0.25) is 0 Å². The fraction of sp³-hybridized carbons (Fsp3) is 0.118. The number of nitrogens with one attached hydrogen (secondary N) is 1. The smallest absolute Gasteiger partial charge is 0.283 e. The monoisotopic (exact) mass is 316 g/mol. The van der Waals surface area contributed by atoms with Crippen molar-refractivity contribution in [1.29, 1.82) is 5.41 Å². The van der Waals surface area contributed by atoms with E-state index in [-0.39, 0.29) is 5.56 Å². The highest BCUT2D eigenvalue weighted by atomic mass is 31.0. The number of nitrogens with zero attached hydrogens (tertiary/aromatic N) is 1. The van der Waals surface area contributed by atoms with Crippen molar-refractivity contribution in [2.24, 2.45) is 0 Å². The molecule has 0 bridgehead atoms. The molecular weight excluding hydrogens is 301 g/mol. The Morgan fingerprint density at radius 1 is 1.09 bits per heavy atom. The van der Waals surface area contributed by atoms with E-state index in [9.17, 15) is 8.78 Å². The highest BCUT2D eigenvalue weighted by Crippen LogP contribution is 2.34. The Bertz CT molecular complexity index is 817. The van der Waals surface area contributed by atoms with Crippen molar-refractivity contribution in [1.82, 2.24) is 4.57 Å². The number of alkyl halides is 2. The van der Waals surface area contributed by atoms with E-state index >= 15 is 0 Å². The summed E-state index contributed by atoms with van der Waals surface area (Å²) in [5, 5.41) is 8.45. The lowest BCUT2D eigenvalue weighted by Gasteiger charge is -2.11. The van der Waals surface area contributed by atoms with Gasteiger partial charge in [0.25, 0.3) is 5.66 Å². The van der Waals surface area contributed by atoms with Crippen LogP contribution in [0.15, 0.2) is 54.7 Å². The number of halogens is 2. The van der Waals surface area contributed by atoms with Gasteiger partial charge in [0.05, 0.1) is 0 Å². The predicted molar refractivity (Wildman–Crippen MR) is 89.0 cm³/mol. The summed E-state index contributed by atoms with van der Waals surface area (Å²) in [4.78, 5) is 0. The van der Waals surface area contributed by atoms with Crippen molar-refractivity contribution in [3.8, 4) is 0 Å². The third kappa shape index (κ3) is 2.79. The number of aromatic nitrogens is 1. The van der Waals surface area contributed by atoms with E-state index in [1.807, 2.05) is 30.5 Å². The Balaban J connectivity index is 1.92. The molecule has 0 saturated carbocycles. The van der Waals surface area contributed by atoms with Gasteiger partial charge in [0.15, 0.2) is 0 Å². The zero-order valence-electron chi connectivity index (χ0n) is 11.8. The van der Waals surface area contributed by atoms with Gasteiger partial charge in [0.1, 0.15) is 0 Å². The maximum Gasteiger partial charge on any atom is 0.283 e. The quantitative estimate of drug-likeness (QED) is 0.538. The minimum atomic E-state index is -2.89. The molecule has 1 unspecified atom stereocenters. The third-order valence-electron chi connectivity index (χ3n) is 3.69. The summed E-state index contributed by atoms with van der Waals surface area (Å²) >= 11 is 0. The van der Waals surface area contributed by atoms with Gasteiger partial charge >= 0.3 is 0 Å². The van der Waals surface area contributed by atoms with Crippen LogP contribution in [0.2, 0.25) is 0 Å². The first kappa shape index (κ1) is 14.9. The van der Waals surface area contributed by atoms with Crippen molar-refractivity contribution >= 4 is 26.4 Å². The van der Waals surface area contributed by atoms with Gasteiger partial charge in [-0.1, -0.05) is 45.6 Å². The summed E-state index contributed by atoms with van der Waals surface area (Å²) in [5.41, 5.74) is -0.0477. The normalized spacial score (nSPS) is 11.8. The van der Waals surface area contributed by atoms with Crippen molar-refractivity contribution in [3.63, 3.8) is 0 Å². The van der Waals surface area contributed by atoms with Gasteiger partial charge in [-0.25, -0.2) is 0 Å². The van der Waals surface area contributed by atoms with Gasteiger partial charge in [-0.15, -0.1) is 0 Å². The maximum atomic E-state index is 13.2. The fourth-order valence-corrected chi connectivity index (χ4v) is 2.73. The van der Waals surface area contributed by atoms with Crippen LogP contribution in [-0.2, 0) is 12.2 Å². The molecule has 3 aromatic rings.